The Morgan fingerprint density at radius 2 is 1.42 bits per heavy atom. The molecule has 0 aromatic carbocycles. The van der Waals surface area contributed by atoms with Gasteiger partial charge in [-0.15, -0.1) is 0 Å². The highest BCUT2D eigenvalue weighted by molar-refractivity contribution is 5.97. The molecule has 4 nitrogen and oxygen atoms in total. The molecule has 26 heavy (non-hydrogen) atoms. The maximum Gasteiger partial charge on any atom is 0.263 e. The molecule has 2 fully saturated rings. The number of carbonyl (C=O) groups is 1. The van der Waals surface area contributed by atoms with Crippen molar-refractivity contribution < 1.29 is 4.79 Å². The largest absolute Gasteiger partial charge is 0.376 e. The molecule has 0 unspecified atom stereocenters. The molecule has 0 spiro atoms. The molecule has 0 radical (unpaired) electrons. The van der Waals surface area contributed by atoms with E-state index in [1.54, 1.807) is 6.20 Å². The summed E-state index contributed by atoms with van der Waals surface area (Å²) in [5.74, 6) is 0.568. The standard InChI is InChI=1S/C22H37N3O/c1-19-13-15-25(16-14-19)18-20(17-23)22(26)24-21-11-9-7-5-3-2-4-6-8-10-12-21/h18-19,21H,2-16H2,1H3,(H,24,26)/b20-18-. The Balaban J connectivity index is 1.87. The van der Waals surface area contributed by atoms with Crippen LogP contribution in [0.15, 0.2) is 11.8 Å². The minimum Gasteiger partial charge on any atom is -0.376 e. The highest BCUT2D eigenvalue weighted by Gasteiger charge is 2.19. The molecule has 4 heteroatoms. The van der Waals surface area contributed by atoms with Crippen LogP contribution in [0.5, 0.6) is 0 Å². The number of likely N-dealkylation sites (tertiary alicyclic amines) is 1. The molecule has 0 aromatic rings. The molecule has 1 saturated heterocycles. The second kappa shape index (κ2) is 12.0. The van der Waals surface area contributed by atoms with Crippen LogP contribution >= 0.6 is 0 Å². The van der Waals surface area contributed by atoms with Gasteiger partial charge in [-0.05, 0) is 31.6 Å². The lowest BCUT2D eigenvalue weighted by atomic mass is 9.97. The van der Waals surface area contributed by atoms with Crippen LogP contribution in [0.2, 0.25) is 0 Å². The number of piperidine rings is 1. The van der Waals surface area contributed by atoms with Gasteiger partial charge < -0.3 is 10.2 Å². The van der Waals surface area contributed by atoms with E-state index in [4.69, 9.17) is 0 Å². The van der Waals surface area contributed by atoms with Crippen LogP contribution in [0, 0.1) is 17.2 Å². The zero-order chi connectivity index (χ0) is 18.6. The quantitative estimate of drug-likeness (QED) is 0.575. The third kappa shape index (κ3) is 7.81. The maximum absolute atomic E-state index is 12.6. The number of nitrogens with zero attached hydrogens (tertiary/aromatic N) is 2. The molecular formula is C22H37N3O. The number of carbonyl (C=O) groups excluding carboxylic acids is 1. The van der Waals surface area contributed by atoms with Gasteiger partial charge in [-0.1, -0.05) is 64.7 Å². The first-order valence-electron chi connectivity index (χ1n) is 10.9. The molecule has 1 aliphatic heterocycles. The fourth-order valence-corrected chi connectivity index (χ4v) is 4.05. The lowest BCUT2D eigenvalue weighted by Crippen LogP contribution is -2.37. The van der Waals surface area contributed by atoms with E-state index >= 15 is 0 Å². The summed E-state index contributed by atoms with van der Waals surface area (Å²) >= 11 is 0. The van der Waals surface area contributed by atoms with Crippen molar-refractivity contribution in [3.8, 4) is 6.07 Å². The maximum atomic E-state index is 12.6. The Labute approximate surface area is 160 Å². The van der Waals surface area contributed by atoms with Crippen LogP contribution in [0.1, 0.15) is 90.4 Å². The SMILES string of the molecule is CC1CCN(/C=C(/C#N)C(=O)NC2CCCCCCCCCCC2)CC1. The van der Waals surface area contributed by atoms with Gasteiger partial charge in [-0.3, -0.25) is 4.79 Å². The molecule has 1 saturated carbocycles. The number of hydrogen-bond donors (Lipinski definition) is 1. The zero-order valence-corrected chi connectivity index (χ0v) is 16.6. The van der Waals surface area contributed by atoms with Crippen molar-refractivity contribution >= 4 is 5.91 Å². The van der Waals surface area contributed by atoms with E-state index in [1.807, 2.05) is 0 Å². The lowest BCUT2D eigenvalue weighted by Gasteiger charge is -2.29. The van der Waals surface area contributed by atoms with Gasteiger partial charge in [-0.25, -0.2) is 0 Å². The van der Waals surface area contributed by atoms with Crippen molar-refractivity contribution in [3.63, 3.8) is 0 Å². The van der Waals surface area contributed by atoms with Crippen LogP contribution in [0.3, 0.4) is 0 Å². The molecule has 0 atom stereocenters. The van der Waals surface area contributed by atoms with Gasteiger partial charge in [0.25, 0.3) is 5.91 Å². The highest BCUT2D eigenvalue weighted by Crippen LogP contribution is 2.19. The average molecular weight is 360 g/mol. The molecule has 1 heterocycles. The number of nitriles is 1. The van der Waals surface area contributed by atoms with Crippen molar-refractivity contribution in [3.05, 3.63) is 11.8 Å². The lowest BCUT2D eigenvalue weighted by molar-refractivity contribution is -0.118. The smallest absolute Gasteiger partial charge is 0.263 e. The second-order valence-corrected chi connectivity index (χ2v) is 8.30. The number of hydrogen-bond acceptors (Lipinski definition) is 3. The Hall–Kier alpha value is -1.50. The van der Waals surface area contributed by atoms with Crippen LogP contribution in [-0.2, 0) is 4.79 Å². The van der Waals surface area contributed by atoms with E-state index in [1.165, 1.54) is 57.8 Å². The van der Waals surface area contributed by atoms with Gasteiger partial charge in [0.1, 0.15) is 11.6 Å². The summed E-state index contributed by atoms with van der Waals surface area (Å²) in [6.07, 6.45) is 17.8. The summed E-state index contributed by atoms with van der Waals surface area (Å²) in [6, 6.07) is 2.35. The summed E-state index contributed by atoms with van der Waals surface area (Å²) in [5.41, 5.74) is 0.269. The number of rotatable bonds is 3. The molecule has 0 bridgehead atoms. The predicted octanol–water partition coefficient (Wildman–Crippen LogP) is 4.92. The summed E-state index contributed by atoms with van der Waals surface area (Å²) in [6.45, 7) is 4.16. The minimum absolute atomic E-state index is 0.178. The summed E-state index contributed by atoms with van der Waals surface area (Å²) in [5, 5.41) is 12.6. The van der Waals surface area contributed by atoms with Gasteiger partial charge in [0.2, 0.25) is 0 Å². The van der Waals surface area contributed by atoms with Crippen LogP contribution in [-0.4, -0.2) is 29.9 Å². The third-order valence-electron chi connectivity index (χ3n) is 5.94. The van der Waals surface area contributed by atoms with Crippen molar-refractivity contribution in [1.82, 2.24) is 10.2 Å². The van der Waals surface area contributed by atoms with E-state index in [2.05, 4.69) is 23.2 Å². The van der Waals surface area contributed by atoms with E-state index in [0.717, 1.165) is 44.7 Å². The van der Waals surface area contributed by atoms with Gasteiger partial charge in [0, 0.05) is 25.3 Å². The molecule has 1 aliphatic carbocycles. The summed E-state index contributed by atoms with van der Waals surface area (Å²) in [4.78, 5) is 14.8. The second-order valence-electron chi connectivity index (χ2n) is 8.30. The molecule has 0 aromatic heterocycles. The van der Waals surface area contributed by atoms with E-state index in [0.29, 0.717) is 0 Å². The van der Waals surface area contributed by atoms with Crippen molar-refractivity contribution in [2.24, 2.45) is 5.92 Å². The molecule has 1 amide bonds. The Morgan fingerprint density at radius 1 is 0.923 bits per heavy atom. The molecular weight excluding hydrogens is 322 g/mol. The fourth-order valence-electron chi connectivity index (χ4n) is 4.05. The summed E-state index contributed by atoms with van der Waals surface area (Å²) < 4.78 is 0. The summed E-state index contributed by atoms with van der Waals surface area (Å²) in [7, 11) is 0. The van der Waals surface area contributed by atoms with E-state index in [9.17, 15) is 10.1 Å². The van der Waals surface area contributed by atoms with Crippen molar-refractivity contribution in [2.75, 3.05) is 13.1 Å². The van der Waals surface area contributed by atoms with Crippen LogP contribution in [0.25, 0.3) is 0 Å². The van der Waals surface area contributed by atoms with E-state index < -0.39 is 0 Å². The van der Waals surface area contributed by atoms with Gasteiger partial charge in [0.15, 0.2) is 0 Å². The van der Waals surface area contributed by atoms with Gasteiger partial charge >= 0.3 is 0 Å². The van der Waals surface area contributed by atoms with Crippen LogP contribution in [0.4, 0.5) is 0 Å². The molecule has 2 rings (SSSR count). The normalized spacial score (nSPS) is 22.8. The average Bonchev–Trinajstić information content (AvgIpc) is 2.63. The fraction of sp³-hybridized carbons (Fsp3) is 0.818. The number of nitrogens with one attached hydrogen (secondary N) is 1. The Kier molecular flexibility index (Phi) is 9.60. The minimum atomic E-state index is -0.178. The van der Waals surface area contributed by atoms with E-state index in [-0.39, 0.29) is 17.5 Å². The Morgan fingerprint density at radius 3 is 1.92 bits per heavy atom. The molecule has 2 aliphatic rings. The predicted molar refractivity (Wildman–Crippen MR) is 106 cm³/mol. The highest BCUT2D eigenvalue weighted by atomic mass is 16.1. The van der Waals surface area contributed by atoms with Gasteiger partial charge in [0.05, 0.1) is 0 Å². The van der Waals surface area contributed by atoms with Gasteiger partial charge in [-0.2, -0.15) is 5.26 Å². The number of amides is 1. The third-order valence-corrected chi connectivity index (χ3v) is 5.94. The zero-order valence-electron chi connectivity index (χ0n) is 16.6. The first-order valence-corrected chi connectivity index (χ1v) is 10.9. The van der Waals surface area contributed by atoms with Crippen LogP contribution < -0.4 is 5.32 Å². The van der Waals surface area contributed by atoms with Crippen molar-refractivity contribution in [2.45, 2.75) is 96.4 Å². The first-order chi connectivity index (χ1) is 12.7. The molecule has 1 N–H and O–H groups in total. The monoisotopic (exact) mass is 359 g/mol. The Bertz CT molecular complexity index is 474. The topological polar surface area (TPSA) is 56.1 Å². The van der Waals surface area contributed by atoms with Crippen molar-refractivity contribution in [1.29, 1.82) is 5.26 Å². The molecule has 146 valence electrons. The first kappa shape index (κ1) is 20.8.